The maximum atomic E-state index is 11.9. The highest BCUT2D eigenvalue weighted by Gasteiger charge is 2.07. The van der Waals surface area contributed by atoms with Gasteiger partial charge in [0.05, 0.1) is 11.5 Å². The summed E-state index contributed by atoms with van der Waals surface area (Å²) < 4.78 is 0. The zero-order valence-corrected chi connectivity index (χ0v) is 15.5. The molecule has 0 heterocycles. The van der Waals surface area contributed by atoms with Crippen molar-refractivity contribution in [1.29, 1.82) is 0 Å². The number of hydrogen-bond donors (Lipinski definition) is 2. The van der Waals surface area contributed by atoms with Crippen molar-refractivity contribution >= 4 is 35.0 Å². The highest BCUT2D eigenvalue weighted by atomic mass is 32.2. The Hall–Kier alpha value is -2.27. The summed E-state index contributed by atoms with van der Waals surface area (Å²) in [5.41, 5.74) is 3.97. The predicted octanol–water partition coefficient (Wildman–Crippen LogP) is 4.26. The zero-order valence-electron chi connectivity index (χ0n) is 14.7. The van der Waals surface area contributed by atoms with E-state index in [1.165, 1.54) is 17.3 Å². The van der Waals surface area contributed by atoms with Crippen LogP contribution in [-0.4, -0.2) is 23.3 Å². The molecule has 132 valence electrons. The van der Waals surface area contributed by atoms with Gasteiger partial charge < -0.3 is 10.6 Å². The minimum atomic E-state index is -0.106. The molecule has 0 aromatic heterocycles. The molecule has 0 aliphatic rings. The lowest BCUT2D eigenvalue weighted by Crippen LogP contribution is -2.18. The fraction of sp³-hybridized carbons (Fsp3) is 0.300. The van der Waals surface area contributed by atoms with Crippen molar-refractivity contribution < 1.29 is 9.59 Å². The Labute approximate surface area is 153 Å². The van der Waals surface area contributed by atoms with E-state index in [0.717, 1.165) is 29.8 Å². The molecule has 25 heavy (non-hydrogen) atoms. The zero-order chi connectivity index (χ0) is 18.1. The highest BCUT2D eigenvalue weighted by Crippen LogP contribution is 2.13. The third kappa shape index (κ3) is 7.01. The van der Waals surface area contributed by atoms with Crippen molar-refractivity contribution in [1.82, 2.24) is 0 Å². The largest absolute Gasteiger partial charge is 0.325 e. The molecule has 0 saturated carbocycles. The summed E-state index contributed by atoms with van der Waals surface area (Å²) >= 11 is 1.30. The lowest BCUT2D eigenvalue weighted by molar-refractivity contribution is -0.114. The van der Waals surface area contributed by atoms with Gasteiger partial charge in [0.25, 0.3) is 0 Å². The van der Waals surface area contributed by atoms with Crippen molar-refractivity contribution in [2.24, 2.45) is 0 Å². The molecule has 0 saturated heterocycles. The standard InChI is InChI=1S/C20H24N2O2S/c1-3-4-16-7-11-18(12-8-16)22-20(24)14-25-13-19(23)21-17-9-5-15(2)6-10-17/h5-12H,3-4,13-14H2,1-2H3,(H,21,23)(H,22,24). The SMILES string of the molecule is CCCc1ccc(NC(=O)CSCC(=O)Nc2ccc(C)cc2)cc1. The first kappa shape index (κ1) is 19.1. The Morgan fingerprint density at radius 2 is 1.32 bits per heavy atom. The molecular weight excluding hydrogens is 332 g/mol. The highest BCUT2D eigenvalue weighted by molar-refractivity contribution is 8.00. The summed E-state index contributed by atoms with van der Waals surface area (Å²) in [6.45, 7) is 4.14. The van der Waals surface area contributed by atoms with E-state index in [4.69, 9.17) is 0 Å². The molecular formula is C20H24N2O2S. The Kier molecular flexibility index (Phi) is 7.54. The molecule has 2 amide bonds. The topological polar surface area (TPSA) is 58.2 Å². The molecule has 2 N–H and O–H groups in total. The van der Waals surface area contributed by atoms with Gasteiger partial charge in [-0.2, -0.15) is 0 Å². The summed E-state index contributed by atoms with van der Waals surface area (Å²) in [5.74, 6) is 0.288. The number of rotatable bonds is 8. The molecule has 4 nitrogen and oxygen atoms in total. The molecule has 0 fully saturated rings. The van der Waals surface area contributed by atoms with Crippen LogP contribution in [0.5, 0.6) is 0 Å². The molecule has 0 aliphatic carbocycles. The molecule has 0 bridgehead atoms. The number of carbonyl (C=O) groups is 2. The number of amides is 2. The lowest BCUT2D eigenvalue weighted by Gasteiger charge is -2.07. The molecule has 2 aromatic carbocycles. The maximum absolute atomic E-state index is 11.9. The van der Waals surface area contributed by atoms with E-state index in [0.29, 0.717) is 0 Å². The summed E-state index contributed by atoms with van der Waals surface area (Å²) in [4.78, 5) is 23.8. The number of benzene rings is 2. The van der Waals surface area contributed by atoms with Crippen LogP contribution in [0.25, 0.3) is 0 Å². The normalized spacial score (nSPS) is 10.3. The first-order valence-electron chi connectivity index (χ1n) is 8.40. The van der Waals surface area contributed by atoms with Gasteiger partial charge >= 0.3 is 0 Å². The van der Waals surface area contributed by atoms with Crippen LogP contribution in [0.3, 0.4) is 0 Å². The number of carbonyl (C=O) groups excluding carboxylic acids is 2. The molecule has 0 aliphatic heterocycles. The Morgan fingerprint density at radius 3 is 1.80 bits per heavy atom. The van der Waals surface area contributed by atoms with Crippen LogP contribution in [0.2, 0.25) is 0 Å². The van der Waals surface area contributed by atoms with Gasteiger partial charge in [-0.05, 0) is 43.2 Å². The second-order valence-corrected chi connectivity index (χ2v) is 6.89. The minimum absolute atomic E-state index is 0.101. The molecule has 0 atom stereocenters. The monoisotopic (exact) mass is 356 g/mol. The van der Waals surface area contributed by atoms with Crippen molar-refractivity contribution in [2.45, 2.75) is 26.7 Å². The van der Waals surface area contributed by atoms with Crippen molar-refractivity contribution in [3.05, 3.63) is 59.7 Å². The van der Waals surface area contributed by atoms with Gasteiger partial charge in [0.15, 0.2) is 0 Å². The van der Waals surface area contributed by atoms with Crippen LogP contribution >= 0.6 is 11.8 Å². The van der Waals surface area contributed by atoms with Gasteiger partial charge in [-0.3, -0.25) is 9.59 Å². The van der Waals surface area contributed by atoms with Crippen LogP contribution in [0, 0.1) is 6.92 Å². The number of thioether (sulfide) groups is 1. The summed E-state index contributed by atoms with van der Waals surface area (Å²) in [5, 5.41) is 5.67. The Balaban J connectivity index is 1.69. The maximum Gasteiger partial charge on any atom is 0.234 e. The first-order valence-corrected chi connectivity index (χ1v) is 9.55. The van der Waals surface area contributed by atoms with E-state index in [9.17, 15) is 9.59 Å². The molecule has 2 rings (SSSR count). The van der Waals surface area contributed by atoms with Gasteiger partial charge in [0, 0.05) is 11.4 Å². The molecule has 5 heteroatoms. The van der Waals surface area contributed by atoms with E-state index in [1.54, 1.807) is 0 Å². The molecule has 0 spiro atoms. The van der Waals surface area contributed by atoms with Gasteiger partial charge in [0.1, 0.15) is 0 Å². The summed E-state index contributed by atoms with van der Waals surface area (Å²) in [6, 6.07) is 15.5. The average molecular weight is 356 g/mol. The second-order valence-electron chi connectivity index (χ2n) is 5.90. The number of hydrogen-bond acceptors (Lipinski definition) is 3. The van der Waals surface area contributed by atoms with Crippen LogP contribution in [0.1, 0.15) is 24.5 Å². The van der Waals surface area contributed by atoms with E-state index < -0.39 is 0 Å². The summed E-state index contributed by atoms with van der Waals surface area (Å²) in [7, 11) is 0. The van der Waals surface area contributed by atoms with E-state index >= 15 is 0 Å². The fourth-order valence-electron chi connectivity index (χ4n) is 2.31. The van der Waals surface area contributed by atoms with Gasteiger partial charge in [-0.1, -0.05) is 43.2 Å². The quantitative estimate of drug-likeness (QED) is 0.743. The lowest BCUT2D eigenvalue weighted by atomic mass is 10.1. The van der Waals surface area contributed by atoms with Crippen LogP contribution in [0.4, 0.5) is 11.4 Å². The van der Waals surface area contributed by atoms with Crippen LogP contribution < -0.4 is 10.6 Å². The Bertz CT molecular complexity index is 697. The average Bonchev–Trinajstić information content (AvgIpc) is 2.59. The van der Waals surface area contributed by atoms with Crippen LogP contribution in [0.15, 0.2) is 48.5 Å². The van der Waals surface area contributed by atoms with Crippen LogP contribution in [-0.2, 0) is 16.0 Å². The minimum Gasteiger partial charge on any atom is -0.325 e. The molecule has 0 radical (unpaired) electrons. The van der Waals surface area contributed by atoms with Crippen molar-refractivity contribution in [3.8, 4) is 0 Å². The van der Waals surface area contributed by atoms with Gasteiger partial charge in [-0.25, -0.2) is 0 Å². The van der Waals surface area contributed by atoms with Crippen molar-refractivity contribution in [3.63, 3.8) is 0 Å². The second kappa shape index (κ2) is 9.89. The fourth-order valence-corrected chi connectivity index (χ4v) is 2.93. The van der Waals surface area contributed by atoms with E-state index in [2.05, 4.69) is 17.6 Å². The van der Waals surface area contributed by atoms with E-state index in [-0.39, 0.29) is 23.3 Å². The van der Waals surface area contributed by atoms with Gasteiger partial charge in [-0.15, -0.1) is 11.8 Å². The molecule has 2 aromatic rings. The summed E-state index contributed by atoms with van der Waals surface area (Å²) in [6.07, 6.45) is 2.15. The number of nitrogens with one attached hydrogen (secondary N) is 2. The smallest absolute Gasteiger partial charge is 0.234 e. The third-order valence-corrected chi connectivity index (χ3v) is 4.51. The Morgan fingerprint density at radius 1 is 0.840 bits per heavy atom. The predicted molar refractivity (Wildman–Crippen MR) is 106 cm³/mol. The van der Waals surface area contributed by atoms with Crippen molar-refractivity contribution in [2.75, 3.05) is 22.1 Å². The molecule has 0 unspecified atom stereocenters. The first-order chi connectivity index (χ1) is 12.1. The number of aryl methyl sites for hydroxylation is 2. The van der Waals surface area contributed by atoms with Gasteiger partial charge in [0.2, 0.25) is 11.8 Å². The van der Waals surface area contributed by atoms with E-state index in [1.807, 2.05) is 55.5 Å². The number of anilines is 2. The third-order valence-electron chi connectivity index (χ3n) is 3.58.